The molecule has 2 N–H and O–H groups in total. The zero-order valence-corrected chi connectivity index (χ0v) is 17.4. The highest BCUT2D eigenvalue weighted by Gasteiger charge is 2.25. The number of esters is 1. The minimum atomic E-state index is -0.486. The number of benzene rings is 1. The van der Waals surface area contributed by atoms with Crippen molar-refractivity contribution in [2.24, 2.45) is 7.05 Å². The first kappa shape index (κ1) is 20.2. The number of anilines is 1. The molecule has 0 radical (unpaired) electrons. The largest absolute Gasteiger partial charge is 0.462 e. The van der Waals surface area contributed by atoms with Gasteiger partial charge >= 0.3 is 5.97 Å². The Morgan fingerprint density at radius 3 is 2.80 bits per heavy atom. The Morgan fingerprint density at radius 2 is 2.03 bits per heavy atom. The van der Waals surface area contributed by atoms with Crippen LogP contribution in [0.1, 0.15) is 41.6 Å². The van der Waals surface area contributed by atoms with Gasteiger partial charge in [0.05, 0.1) is 19.3 Å². The van der Waals surface area contributed by atoms with Crippen LogP contribution in [0.2, 0.25) is 0 Å². The second-order valence-corrected chi connectivity index (χ2v) is 7.64. The van der Waals surface area contributed by atoms with Crippen LogP contribution in [0.15, 0.2) is 36.7 Å². The van der Waals surface area contributed by atoms with Gasteiger partial charge in [-0.3, -0.25) is 14.4 Å². The number of aromatic nitrogens is 3. The Morgan fingerprint density at radius 1 is 1.27 bits per heavy atom. The van der Waals surface area contributed by atoms with E-state index in [1.165, 1.54) is 27.3 Å². The molecule has 0 saturated carbocycles. The van der Waals surface area contributed by atoms with Gasteiger partial charge in [0.25, 0.3) is 0 Å². The lowest BCUT2D eigenvalue weighted by Crippen LogP contribution is -2.39. The highest BCUT2D eigenvalue weighted by atomic mass is 16.5. The summed E-state index contributed by atoms with van der Waals surface area (Å²) < 4.78 is 6.51. The van der Waals surface area contributed by atoms with Crippen molar-refractivity contribution in [1.82, 2.24) is 19.7 Å². The Bertz CT molecular complexity index is 1050. The first-order valence-corrected chi connectivity index (χ1v) is 10.3. The van der Waals surface area contributed by atoms with Crippen LogP contribution in [-0.2, 0) is 16.6 Å². The standard InChI is InChI=1S/C22H27N5O3/c1-3-30-22(29)18-13-24-26(2)21(18)25-20(28)14-27-10-8-15(9-11-27)17-12-23-19-7-5-4-6-16(17)19/h4-7,12-13,15,23H,3,8-11,14H2,1-2H3,(H,25,28). The molecule has 0 bridgehead atoms. The summed E-state index contributed by atoms with van der Waals surface area (Å²) >= 11 is 0. The molecule has 30 heavy (non-hydrogen) atoms. The van der Waals surface area contributed by atoms with E-state index in [2.05, 4.69) is 44.7 Å². The molecule has 1 aliphatic rings. The van der Waals surface area contributed by atoms with Crippen LogP contribution in [0.5, 0.6) is 0 Å². The van der Waals surface area contributed by atoms with E-state index in [0.29, 0.717) is 11.7 Å². The molecule has 1 saturated heterocycles. The summed E-state index contributed by atoms with van der Waals surface area (Å²) in [7, 11) is 1.69. The number of carbonyl (C=O) groups is 2. The summed E-state index contributed by atoms with van der Waals surface area (Å²) in [6.07, 6.45) is 5.56. The average Bonchev–Trinajstić information content (AvgIpc) is 3.33. The highest BCUT2D eigenvalue weighted by molar-refractivity contribution is 6.00. The van der Waals surface area contributed by atoms with Crippen molar-refractivity contribution in [1.29, 1.82) is 0 Å². The van der Waals surface area contributed by atoms with Gasteiger partial charge in [0, 0.05) is 24.1 Å². The van der Waals surface area contributed by atoms with Crippen LogP contribution in [-0.4, -0.2) is 57.8 Å². The number of aromatic amines is 1. The number of amides is 1. The van der Waals surface area contributed by atoms with Crippen LogP contribution in [0.4, 0.5) is 5.82 Å². The van der Waals surface area contributed by atoms with Gasteiger partial charge in [0.2, 0.25) is 5.91 Å². The fourth-order valence-corrected chi connectivity index (χ4v) is 4.15. The fraction of sp³-hybridized carbons (Fsp3) is 0.409. The predicted molar refractivity (Wildman–Crippen MR) is 115 cm³/mol. The van der Waals surface area contributed by atoms with Crippen molar-refractivity contribution in [3.05, 3.63) is 47.8 Å². The normalized spacial score (nSPS) is 15.4. The van der Waals surface area contributed by atoms with Crippen molar-refractivity contribution in [3.63, 3.8) is 0 Å². The zero-order chi connectivity index (χ0) is 21.1. The maximum Gasteiger partial charge on any atom is 0.343 e. The van der Waals surface area contributed by atoms with E-state index in [0.717, 1.165) is 25.9 Å². The van der Waals surface area contributed by atoms with Gasteiger partial charge in [0.1, 0.15) is 11.4 Å². The van der Waals surface area contributed by atoms with Gasteiger partial charge in [-0.25, -0.2) is 4.79 Å². The molecule has 3 aromatic rings. The number of nitrogens with zero attached hydrogens (tertiary/aromatic N) is 3. The van der Waals surface area contributed by atoms with Crippen molar-refractivity contribution in [2.75, 3.05) is 31.6 Å². The smallest absolute Gasteiger partial charge is 0.343 e. The summed E-state index contributed by atoms with van der Waals surface area (Å²) in [6.45, 7) is 4.01. The second-order valence-electron chi connectivity index (χ2n) is 7.64. The molecule has 0 atom stereocenters. The second kappa shape index (κ2) is 8.71. The lowest BCUT2D eigenvalue weighted by Gasteiger charge is -2.31. The SMILES string of the molecule is CCOC(=O)c1cnn(C)c1NC(=O)CN1CCC(c2c[nH]c3ccccc23)CC1. The number of ether oxygens (including phenoxy) is 1. The first-order valence-electron chi connectivity index (χ1n) is 10.3. The van der Waals surface area contributed by atoms with E-state index in [9.17, 15) is 9.59 Å². The maximum absolute atomic E-state index is 12.6. The van der Waals surface area contributed by atoms with E-state index in [4.69, 9.17) is 4.74 Å². The predicted octanol–water partition coefficient (Wildman–Crippen LogP) is 2.90. The molecule has 0 unspecified atom stereocenters. The van der Waals surface area contributed by atoms with Gasteiger partial charge in [-0.15, -0.1) is 0 Å². The number of piperidine rings is 1. The molecule has 2 aromatic heterocycles. The van der Waals surface area contributed by atoms with Gasteiger partial charge in [-0.05, 0) is 50.4 Å². The fourth-order valence-electron chi connectivity index (χ4n) is 4.15. The van der Waals surface area contributed by atoms with Gasteiger partial charge in [-0.2, -0.15) is 5.10 Å². The van der Waals surface area contributed by atoms with Crippen LogP contribution in [0, 0.1) is 0 Å². The molecule has 4 rings (SSSR count). The van der Waals surface area contributed by atoms with E-state index in [-0.39, 0.29) is 24.6 Å². The number of hydrogen-bond acceptors (Lipinski definition) is 5. The molecule has 0 aliphatic carbocycles. The van der Waals surface area contributed by atoms with E-state index < -0.39 is 5.97 Å². The number of aryl methyl sites for hydroxylation is 1. The minimum Gasteiger partial charge on any atom is -0.462 e. The lowest BCUT2D eigenvalue weighted by molar-refractivity contribution is -0.117. The molecule has 1 aliphatic heterocycles. The Balaban J connectivity index is 1.34. The van der Waals surface area contributed by atoms with Crippen LogP contribution in [0.3, 0.4) is 0 Å². The number of para-hydroxylation sites is 1. The quantitative estimate of drug-likeness (QED) is 0.611. The summed E-state index contributed by atoms with van der Waals surface area (Å²) in [5.74, 6) is 0.218. The molecule has 1 amide bonds. The summed E-state index contributed by atoms with van der Waals surface area (Å²) in [6, 6.07) is 8.37. The van der Waals surface area contributed by atoms with Gasteiger partial charge in [-0.1, -0.05) is 18.2 Å². The Labute approximate surface area is 175 Å². The molecule has 0 spiro atoms. The molecule has 3 heterocycles. The zero-order valence-electron chi connectivity index (χ0n) is 17.4. The third kappa shape index (κ3) is 4.09. The monoisotopic (exact) mass is 409 g/mol. The maximum atomic E-state index is 12.6. The summed E-state index contributed by atoms with van der Waals surface area (Å²) in [5, 5.41) is 8.18. The molecular weight excluding hydrogens is 382 g/mol. The van der Waals surface area contributed by atoms with Crippen molar-refractivity contribution in [2.45, 2.75) is 25.7 Å². The molecule has 1 fully saturated rings. The first-order chi connectivity index (χ1) is 14.6. The van der Waals surface area contributed by atoms with Crippen LogP contribution >= 0.6 is 0 Å². The number of hydrogen-bond donors (Lipinski definition) is 2. The number of H-pyrrole nitrogens is 1. The number of fused-ring (bicyclic) bond motifs is 1. The van der Waals surface area contributed by atoms with Crippen LogP contribution < -0.4 is 5.32 Å². The summed E-state index contributed by atoms with van der Waals surface area (Å²) in [4.78, 5) is 30.2. The van der Waals surface area contributed by atoms with Crippen molar-refractivity contribution < 1.29 is 14.3 Å². The molecule has 1 aromatic carbocycles. The lowest BCUT2D eigenvalue weighted by atomic mass is 9.89. The molecule has 8 heteroatoms. The average molecular weight is 409 g/mol. The number of carbonyl (C=O) groups excluding carboxylic acids is 2. The Hall–Kier alpha value is -3.13. The van der Waals surface area contributed by atoms with E-state index in [1.807, 2.05) is 6.07 Å². The highest BCUT2D eigenvalue weighted by Crippen LogP contribution is 2.33. The summed E-state index contributed by atoms with van der Waals surface area (Å²) in [5.41, 5.74) is 2.80. The topological polar surface area (TPSA) is 92.2 Å². The minimum absolute atomic E-state index is 0.158. The van der Waals surface area contributed by atoms with E-state index in [1.54, 1.807) is 14.0 Å². The van der Waals surface area contributed by atoms with Gasteiger partial charge < -0.3 is 15.0 Å². The number of nitrogens with one attached hydrogen (secondary N) is 2. The van der Waals surface area contributed by atoms with Crippen molar-refractivity contribution in [3.8, 4) is 0 Å². The number of rotatable bonds is 6. The third-order valence-corrected chi connectivity index (χ3v) is 5.71. The van der Waals surface area contributed by atoms with Crippen LogP contribution in [0.25, 0.3) is 10.9 Å². The van der Waals surface area contributed by atoms with E-state index >= 15 is 0 Å². The number of likely N-dealkylation sites (tertiary alicyclic amines) is 1. The third-order valence-electron chi connectivity index (χ3n) is 5.71. The Kier molecular flexibility index (Phi) is 5.85. The molecular formula is C22H27N5O3. The van der Waals surface area contributed by atoms with Crippen molar-refractivity contribution >= 4 is 28.6 Å². The van der Waals surface area contributed by atoms with Gasteiger partial charge in [0.15, 0.2) is 0 Å². The molecule has 158 valence electrons. The molecule has 8 nitrogen and oxygen atoms in total.